The van der Waals surface area contributed by atoms with E-state index in [1.807, 2.05) is 54.8 Å². The van der Waals surface area contributed by atoms with Crippen molar-refractivity contribution in [2.45, 2.75) is 19.4 Å². The van der Waals surface area contributed by atoms with Crippen molar-refractivity contribution in [1.29, 1.82) is 0 Å². The Labute approximate surface area is 153 Å². The summed E-state index contributed by atoms with van der Waals surface area (Å²) in [7, 11) is 1.77. The van der Waals surface area contributed by atoms with Crippen LogP contribution in [0.4, 0.5) is 0 Å². The van der Waals surface area contributed by atoms with Crippen molar-refractivity contribution in [3.8, 4) is 0 Å². The minimum atomic E-state index is -0.170. The van der Waals surface area contributed by atoms with E-state index in [-0.39, 0.29) is 30.9 Å². The molecule has 0 radical (unpaired) electrons. The van der Waals surface area contributed by atoms with E-state index < -0.39 is 0 Å². The molecule has 25 heavy (non-hydrogen) atoms. The lowest BCUT2D eigenvalue weighted by Gasteiger charge is -2.21. The second-order valence-electron chi connectivity index (χ2n) is 5.95. The normalized spacial score (nSPS) is 12.0. The van der Waals surface area contributed by atoms with Crippen LogP contribution >= 0.6 is 11.3 Å². The van der Waals surface area contributed by atoms with Crippen LogP contribution in [0.2, 0.25) is 0 Å². The molecule has 2 amide bonds. The summed E-state index contributed by atoms with van der Waals surface area (Å²) in [5, 5.41) is 7.90. The van der Waals surface area contributed by atoms with Crippen LogP contribution in [-0.4, -0.2) is 43.4 Å². The minimum absolute atomic E-state index is 0.0602. The zero-order valence-electron chi connectivity index (χ0n) is 14.7. The van der Waals surface area contributed by atoms with Gasteiger partial charge >= 0.3 is 0 Å². The summed E-state index contributed by atoms with van der Waals surface area (Å²) in [6.45, 7) is 3.05. The van der Waals surface area contributed by atoms with E-state index in [1.54, 1.807) is 23.3 Å². The first-order valence-electron chi connectivity index (χ1n) is 8.43. The largest absolute Gasteiger partial charge is 0.355 e. The van der Waals surface area contributed by atoms with Gasteiger partial charge in [-0.1, -0.05) is 43.3 Å². The van der Waals surface area contributed by atoms with E-state index in [4.69, 9.17) is 0 Å². The zero-order chi connectivity index (χ0) is 18.1. The fraction of sp³-hybridized carbons (Fsp3) is 0.368. The Balaban J connectivity index is 1.95. The molecule has 0 saturated heterocycles. The molecule has 1 heterocycles. The quantitative estimate of drug-likeness (QED) is 0.723. The number of nitrogens with one attached hydrogen (secondary N) is 2. The standard InChI is InChI=1S/C19H25N3O2S/c1-3-11-20-17(23)13-22(2)14-18(24)21-19(16-10-7-12-25-16)15-8-5-4-6-9-15/h4-10,12,19H,3,11,13-14H2,1-2H3,(H,20,23)(H,21,24)/t19-/m1/s1. The number of nitrogens with zero attached hydrogens (tertiary/aromatic N) is 1. The Hall–Kier alpha value is -2.18. The van der Waals surface area contributed by atoms with Crippen molar-refractivity contribution in [2.75, 3.05) is 26.7 Å². The highest BCUT2D eigenvalue weighted by molar-refractivity contribution is 7.10. The molecule has 1 aromatic carbocycles. The van der Waals surface area contributed by atoms with Crippen LogP contribution in [0, 0.1) is 0 Å². The van der Waals surface area contributed by atoms with Gasteiger partial charge in [-0.3, -0.25) is 14.5 Å². The number of benzene rings is 1. The van der Waals surface area contributed by atoms with Gasteiger partial charge in [0.05, 0.1) is 19.1 Å². The number of thiophene rings is 1. The highest BCUT2D eigenvalue weighted by atomic mass is 32.1. The monoisotopic (exact) mass is 359 g/mol. The first-order valence-corrected chi connectivity index (χ1v) is 9.31. The number of rotatable bonds is 9. The van der Waals surface area contributed by atoms with Crippen LogP contribution in [0.5, 0.6) is 0 Å². The maximum absolute atomic E-state index is 12.4. The highest BCUT2D eigenvalue weighted by Crippen LogP contribution is 2.25. The van der Waals surface area contributed by atoms with E-state index in [0.717, 1.165) is 16.9 Å². The van der Waals surface area contributed by atoms with Crippen LogP contribution in [0.3, 0.4) is 0 Å². The van der Waals surface area contributed by atoms with Crippen molar-refractivity contribution < 1.29 is 9.59 Å². The average Bonchev–Trinajstić information content (AvgIpc) is 3.12. The van der Waals surface area contributed by atoms with Crippen molar-refractivity contribution in [1.82, 2.24) is 15.5 Å². The molecule has 2 aromatic rings. The van der Waals surface area contributed by atoms with Gasteiger partial charge in [0, 0.05) is 11.4 Å². The van der Waals surface area contributed by atoms with Crippen LogP contribution in [-0.2, 0) is 9.59 Å². The summed E-state index contributed by atoms with van der Waals surface area (Å²) in [5.74, 6) is -0.164. The Morgan fingerprint density at radius 1 is 1.08 bits per heavy atom. The zero-order valence-corrected chi connectivity index (χ0v) is 15.5. The number of hydrogen-bond donors (Lipinski definition) is 2. The fourth-order valence-electron chi connectivity index (χ4n) is 2.49. The van der Waals surface area contributed by atoms with Gasteiger partial charge in [-0.15, -0.1) is 11.3 Å². The lowest BCUT2D eigenvalue weighted by atomic mass is 10.1. The molecule has 134 valence electrons. The van der Waals surface area contributed by atoms with Gasteiger partial charge in [-0.2, -0.15) is 0 Å². The summed E-state index contributed by atoms with van der Waals surface area (Å²) in [5.41, 5.74) is 1.04. The van der Waals surface area contributed by atoms with Crippen molar-refractivity contribution in [2.24, 2.45) is 0 Å². The van der Waals surface area contributed by atoms with E-state index in [2.05, 4.69) is 10.6 Å². The Kier molecular flexibility index (Phi) is 7.63. The predicted molar refractivity (Wildman–Crippen MR) is 102 cm³/mol. The minimum Gasteiger partial charge on any atom is -0.355 e. The van der Waals surface area contributed by atoms with Gasteiger partial charge in [0.2, 0.25) is 11.8 Å². The van der Waals surface area contributed by atoms with Gasteiger partial charge < -0.3 is 10.6 Å². The molecule has 0 aliphatic heterocycles. The Bertz CT molecular complexity index is 659. The number of carbonyl (C=O) groups is 2. The van der Waals surface area contributed by atoms with Crippen LogP contribution in [0.15, 0.2) is 47.8 Å². The molecule has 0 aliphatic rings. The van der Waals surface area contributed by atoms with Gasteiger partial charge in [-0.25, -0.2) is 0 Å². The molecular weight excluding hydrogens is 334 g/mol. The molecule has 0 spiro atoms. The maximum atomic E-state index is 12.4. The lowest BCUT2D eigenvalue weighted by molar-refractivity contribution is -0.124. The SMILES string of the molecule is CCCNC(=O)CN(C)CC(=O)N[C@H](c1ccccc1)c1cccs1. The van der Waals surface area contributed by atoms with E-state index in [9.17, 15) is 9.59 Å². The Morgan fingerprint density at radius 3 is 2.44 bits per heavy atom. The first kappa shape index (κ1) is 19.1. The summed E-state index contributed by atoms with van der Waals surface area (Å²) < 4.78 is 0. The third-order valence-electron chi connectivity index (χ3n) is 3.67. The van der Waals surface area contributed by atoms with E-state index in [0.29, 0.717) is 6.54 Å². The summed E-state index contributed by atoms with van der Waals surface area (Å²) >= 11 is 1.61. The van der Waals surface area contributed by atoms with E-state index >= 15 is 0 Å². The van der Waals surface area contributed by atoms with Crippen LogP contribution in [0.1, 0.15) is 29.8 Å². The smallest absolute Gasteiger partial charge is 0.234 e. The maximum Gasteiger partial charge on any atom is 0.234 e. The molecule has 6 heteroatoms. The molecule has 0 unspecified atom stereocenters. The second-order valence-corrected chi connectivity index (χ2v) is 6.93. The Morgan fingerprint density at radius 2 is 1.80 bits per heavy atom. The molecule has 0 fully saturated rings. The molecule has 5 nitrogen and oxygen atoms in total. The molecule has 2 rings (SSSR count). The second kappa shape index (κ2) is 9.96. The molecule has 0 saturated carbocycles. The van der Waals surface area contributed by atoms with Gasteiger partial charge in [0.25, 0.3) is 0 Å². The number of amides is 2. The molecule has 2 N–H and O–H groups in total. The molecular formula is C19H25N3O2S. The van der Waals surface area contributed by atoms with Gasteiger partial charge in [0.15, 0.2) is 0 Å². The number of likely N-dealkylation sites (N-methyl/N-ethyl adjacent to an activating group) is 1. The molecule has 0 aliphatic carbocycles. The molecule has 0 bridgehead atoms. The predicted octanol–water partition coefficient (Wildman–Crippen LogP) is 2.41. The first-order chi connectivity index (χ1) is 12.1. The number of carbonyl (C=O) groups excluding carboxylic acids is 2. The molecule has 1 atom stereocenters. The third kappa shape index (κ3) is 6.32. The highest BCUT2D eigenvalue weighted by Gasteiger charge is 2.19. The third-order valence-corrected chi connectivity index (χ3v) is 4.60. The number of hydrogen-bond acceptors (Lipinski definition) is 4. The fourth-order valence-corrected chi connectivity index (χ4v) is 3.30. The van der Waals surface area contributed by atoms with Crippen LogP contribution < -0.4 is 10.6 Å². The van der Waals surface area contributed by atoms with Crippen molar-refractivity contribution >= 4 is 23.2 Å². The molecule has 1 aromatic heterocycles. The van der Waals surface area contributed by atoms with Crippen molar-refractivity contribution in [3.05, 3.63) is 58.3 Å². The van der Waals surface area contributed by atoms with Crippen LogP contribution in [0.25, 0.3) is 0 Å². The summed E-state index contributed by atoms with van der Waals surface area (Å²) in [4.78, 5) is 27.0. The summed E-state index contributed by atoms with van der Waals surface area (Å²) in [6.07, 6.45) is 0.898. The lowest BCUT2D eigenvalue weighted by Crippen LogP contribution is -2.42. The van der Waals surface area contributed by atoms with E-state index in [1.165, 1.54) is 0 Å². The van der Waals surface area contributed by atoms with Gasteiger partial charge in [0.1, 0.15) is 0 Å². The van der Waals surface area contributed by atoms with Crippen molar-refractivity contribution in [3.63, 3.8) is 0 Å². The van der Waals surface area contributed by atoms with Gasteiger partial charge in [-0.05, 0) is 30.5 Å². The average molecular weight is 359 g/mol. The topological polar surface area (TPSA) is 61.4 Å². The summed E-state index contributed by atoms with van der Waals surface area (Å²) in [6, 6.07) is 13.7.